The third-order valence-corrected chi connectivity index (χ3v) is 3.17. The number of anilines is 1. The summed E-state index contributed by atoms with van der Waals surface area (Å²) in [5, 5.41) is 21.6. The number of para-hydroxylation sites is 2. The largest absolute Gasteiger partial charge is 0.326 e. The van der Waals surface area contributed by atoms with Gasteiger partial charge in [0.05, 0.1) is 11.1 Å². The summed E-state index contributed by atoms with van der Waals surface area (Å²) in [5.41, 5.74) is 3.84. The minimum Gasteiger partial charge on any atom is -0.326 e. The molecule has 0 unspecified atom stereocenters. The van der Waals surface area contributed by atoms with Gasteiger partial charge in [-0.2, -0.15) is 16.4 Å². The highest BCUT2D eigenvalue weighted by Gasteiger charge is 2.12. The highest BCUT2D eigenvalue weighted by Crippen LogP contribution is 2.22. The first-order chi connectivity index (χ1) is 9.66. The maximum atomic E-state index is 10.8. The zero-order valence-corrected chi connectivity index (χ0v) is 11.8. The van der Waals surface area contributed by atoms with E-state index in [9.17, 15) is 10.1 Å². The highest BCUT2D eigenvalue weighted by molar-refractivity contribution is 7.80. The Labute approximate surface area is 124 Å². The summed E-state index contributed by atoms with van der Waals surface area (Å²) in [6.45, 7) is 0. The first-order valence-corrected chi connectivity index (χ1v) is 6.87. The molecule has 1 aromatic heterocycles. The number of nitro groups is 1. The fraction of sp³-hybridized carbons (Fsp3) is 0. The topological polar surface area (TPSA) is 79.6 Å². The summed E-state index contributed by atoms with van der Waals surface area (Å²) < 4.78 is 0. The van der Waals surface area contributed by atoms with Crippen LogP contribution >= 0.6 is 23.6 Å². The van der Waals surface area contributed by atoms with Gasteiger partial charge in [-0.3, -0.25) is 15.5 Å². The Bertz CT molecular complexity index is 641. The van der Waals surface area contributed by atoms with Gasteiger partial charge in [0.25, 0.3) is 5.69 Å². The van der Waals surface area contributed by atoms with Crippen molar-refractivity contribution in [3.63, 3.8) is 0 Å². The van der Waals surface area contributed by atoms with Gasteiger partial charge in [-0.25, -0.2) is 0 Å². The molecule has 8 heteroatoms. The van der Waals surface area contributed by atoms with E-state index in [1.165, 1.54) is 6.07 Å². The Hall–Kier alpha value is -2.32. The highest BCUT2D eigenvalue weighted by atomic mass is 32.1. The van der Waals surface area contributed by atoms with E-state index < -0.39 is 4.92 Å². The molecular weight excluding hydrogens is 296 g/mol. The van der Waals surface area contributed by atoms with E-state index in [4.69, 9.17) is 12.2 Å². The van der Waals surface area contributed by atoms with Crippen LogP contribution in [0.15, 0.2) is 46.2 Å². The minimum absolute atomic E-state index is 0.0431. The van der Waals surface area contributed by atoms with Crippen molar-refractivity contribution in [2.24, 2.45) is 5.10 Å². The van der Waals surface area contributed by atoms with Crippen molar-refractivity contribution in [1.29, 1.82) is 0 Å². The molecule has 0 fully saturated rings. The van der Waals surface area contributed by atoms with Crippen LogP contribution in [0.25, 0.3) is 0 Å². The number of rotatable bonds is 4. The maximum Gasteiger partial charge on any atom is 0.292 e. The van der Waals surface area contributed by atoms with Crippen LogP contribution in [0.5, 0.6) is 0 Å². The molecule has 0 aliphatic carbocycles. The SMILES string of the molecule is O=[N+]([O-])c1ccccc1NC(=S)N/N=C\c1ccsc1. The van der Waals surface area contributed by atoms with Gasteiger partial charge < -0.3 is 5.32 Å². The lowest BCUT2D eigenvalue weighted by Gasteiger charge is -2.06. The number of thiocarbonyl (C=S) groups is 1. The van der Waals surface area contributed by atoms with E-state index in [1.54, 1.807) is 35.8 Å². The smallest absolute Gasteiger partial charge is 0.292 e. The second-order valence-corrected chi connectivity index (χ2v) is 4.84. The Balaban J connectivity index is 1.96. The first kappa shape index (κ1) is 14.1. The summed E-state index contributed by atoms with van der Waals surface area (Å²) in [6.07, 6.45) is 1.61. The van der Waals surface area contributed by atoms with Gasteiger partial charge in [-0.05, 0) is 35.1 Å². The van der Waals surface area contributed by atoms with Gasteiger partial charge >= 0.3 is 0 Å². The van der Waals surface area contributed by atoms with Crippen molar-refractivity contribution in [2.45, 2.75) is 0 Å². The predicted molar refractivity (Wildman–Crippen MR) is 84.4 cm³/mol. The van der Waals surface area contributed by atoms with Gasteiger partial charge in [0.1, 0.15) is 5.69 Å². The molecule has 0 saturated carbocycles. The second kappa shape index (κ2) is 6.73. The fourth-order valence-electron chi connectivity index (χ4n) is 1.40. The number of thiophene rings is 1. The van der Waals surface area contributed by atoms with Crippen molar-refractivity contribution in [3.05, 3.63) is 56.8 Å². The Morgan fingerprint density at radius 3 is 2.90 bits per heavy atom. The number of hydrazone groups is 1. The monoisotopic (exact) mass is 306 g/mol. The van der Waals surface area contributed by atoms with Crippen molar-refractivity contribution < 1.29 is 4.92 Å². The molecule has 0 radical (unpaired) electrons. The van der Waals surface area contributed by atoms with E-state index in [-0.39, 0.29) is 10.8 Å². The molecule has 1 aromatic carbocycles. The molecule has 0 aliphatic rings. The Morgan fingerprint density at radius 2 is 2.20 bits per heavy atom. The molecule has 2 rings (SSSR count). The molecule has 0 spiro atoms. The van der Waals surface area contributed by atoms with Crippen molar-refractivity contribution in [2.75, 3.05) is 5.32 Å². The summed E-state index contributed by atoms with van der Waals surface area (Å²) in [7, 11) is 0. The van der Waals surface area contributed by atoms with Crippen LogP contribution in [-0.2, 0) is 0 Å². The van der Waals surface area contributed by atoms with Crippen LogP contribution in [0, 0.1) is 10.1 Å². The van der Waals surface area contributed by atoms with Crippen LogP contribution in [0.4, 0.5) is 11.4 Å². The van der Waals surface area contributed by atoms with Gasteiger partial charge in [0.2, 0.25) is 0 Å². The molecule has 0 amide bonds. The van der Waals surface area contributed by atoms with E-state index in [1.807, 2.05) is 16.8 Å². The number of hydrogen-bond donors (Lipinski definition) is 2. The molecule has 0 saturated heterocycles. The summed E-state index contributed by atoms with van der Waals surface area (Å²) in [5.74, 6) is 0. The summed E-state index contributed by atoms with van der Waals surface area (Å²) in [4.78, 5) is 10.4. The predicted octanol–water partition coefficient (Wildman–Crippen LogP) is 2.98. The van der Waals surface area contributed by atoms with Crippen LogP contribution in [0.2, 0.25) is 0 Å². The fourth-order valence-corrected chi connectivity index (χ4v) is 2.18. The van der Waals surface area contributed by atoms with Gasteiger partial charge in [-0.15, -0.1) is 0 Å². The number of nitrogens with one attached hydrogen (secondary N) is 2. The lowest BCUT2D eigenvalue weighted by atomic mass is 10.3. The third kappa shape index (κ3) is 3.84. The standard InChI is InChI=1S/C12H10N4O2S2/c17-16(18)11-4-2-1-3-10(11)14-12(19)15-13-7-9-5-6-20-8-9/h1-8H,(H2,14,15,19)/b13-7-. The molecule has 102 valence electrons. The summed E-state index contributed by atoms with van der Waals surface area (Å²) >= 11 is 6.58. The van der Waals surface area contributed by atoms with Gasteiger partial charge in [0, 0.05) is 11.6 Å². The van der Waals surface area contributed by atoms with E-state index in [0.29, 0.717) is 5.69 Å². The summed E-state index contributed by atoms with van der Waals surface area (Å²) in [6, 6.07) is 8.17. The van der Waals surface area contributed by atoms with Crippen LogP contribution < -0.4 is 10.7 Å². The lowest BCUT2D eigenvalue weighted by molar-refractivity contribution is -0.383. The zero-order valence-electron chi connectivity index (χ0n) is 10.1. The second-order valence-electron chi connectivity index (χ2n) is 3.66. The molecule has 0 aliphatic heterocycles. The van der Waals surface area contributed by atoms with Crippen LogP contribution in [0.3, 0.4) is 0 Å². The minimum atomic E-state index is -0.473. The Kier molecular flexibility index (Phi) is 4.75. The lowest BCUT2D eigenvalue weighted by Crippen LogP contribution is -2.24. The van der Waals surface area contributed by atoms with Crippen LogP contribution in [0.1, 0.15) is 5.56 Å². The number of benzene rings is 1. The molecule has 6 nitrogen and oxygen atoms in total. The maximum absolute atomic E-state index is 10.8. The molecule has 20 heavy (non-hydrogen) atoms. The third-order valence-electron chi connectivity index (χ3n) is 2.27. The normalized spacial score (nSPS) is 10.4. The van der Waals surface area contributed by atoms with Crippen LogP contribution in [-0.4, -0.2) is 16.3 Å². The molecule has 0 bridgehead atoms. The molecule has 2 N–H and O–H groups in total. The molecule has 2 aromatic rings. The number of hydrogen-bond acceptors (Lipinski definition) is 5. The molecule has 1 heterocycles. The van der Waals surface area contributed by atoms with Crippen molar-refractivity contribution in [3.8, 4) is 0 Å². The van der Waals surface area contributed by atoms with Gasteiger partial charge in [0.15, 0.2) is 5.11 Å². The number of nitro benzene ring substituents is 1. The number of nitrogens with zero attached hydrogens (tertiary/aromatic N) is 2. The average molecular weight is 306 g/mol. The Morgan fingerprint density at radius 1 is 1.40 bits per heavy atom. The van der Waals surface area contributed by atoms with Crippen molar-refractivity contribution >= 4 is 46.3 Å². The van der Waals surface area contributed by atoms with E-state index >= 15 is 0 Å². The average Bonchev–Trinajstić information content (AvgIpc) is 2.92. The first-order valence-electron chi connectivity index (χ1n) is 5.52. The van der Waals surface area contributed by atoms with Gasteiger partial charge in [-0.1, -0.05) is 12.1 Å². The van der Waals surface area contributed by atoms with E-state index in [0.717, 1.165) is 5.56 Å². The zero-order chi connectivity index (χ0) is 14.4. The molecule has 0 atom stereocenters. The van der Waals surface area contributed by atoms with E-state index in [2.05, 4.69) is 15.8 Å². The molecular formula is C12H10N4O2S2. The van der Waals surface area contributed by atoms with Crippen molar-refractivity contribution in [1.82, 2.24) is 5.43 Å². The quantitative estimate of drug-likeness (QED) is 0.393.